The molecule has 1 aliphatic rings. The SMILES string of the molecule is [B]C(=O)N1CCC(C#Cc2ncccn2)CC1. The van der Waals surface area contributed by atoms with Gasteiger partial charge in [-0.15, -0.1) is 0 Å². The fourth-order valence-corrected chi connectivity index (χ4v) is 1.77. The molecule has 2 radical (unpaired) electrons. The second-order valence-electron chi connectivity index (χ2n) is 3.94. The highest BCUT2D eigenvalue weighted by Gasteiger charge is 2.18. The number of carbonyl (C=O) groups excluding carboxylic acids is 1. The summed E-state index contributed by atoms with van der Waals surface area (Å²) in [4.78, 5) is 20.7. The molecule has 84 valence electrons. The molecule has 5 heteroatoms. The third-order valence-electron chi connectivity index (χ3n) is 2.76. The van der Waals surface area contributed by atoms with Gasteiger partial charge >= 0.3 is 0 Å². The molecule has 0 unspecified atom stereocenters. The van der Waals surface area contributed by atoms with Crippen molar-refractivity contribution in [3.05, 3.63) is 24.3 Å². The summed E-state index contributed by atoms with van der Waals surface area (Å²) in [5, 5.41) is 0. The monoisotopic (exact) mass is 225 g/mol. The summed E-state index contributed by atoms with van der Waals surface area (Å²) in [5.41, 5.74) is 0. The predicted octanol–water partition coefficient (Wildman–Crippen LogP) is 0.829. The molecule has 0 saturated carbocycles. The van der Waals surface area contributed by atoms with E-state index in [1.54, 1.807) is 23.4 Å². The smallest absolute Gasteiger partial charge is 0.204 e. The lowest BCUT2D eigenvalue weighted by Crippen LogP contribution is -2.37. The third kappa shape index (κ3) is 3.32. The number of carbonyl (C=O) groups is 1. The molecule has 0 aromatic carbocycles. The van der Waals surface area contributed by atoms with Gasteiger partial charge in [-0.3, -0.25) is 4.79 Å². The highest BCUT2D eigenvalue weighted by atomic mass is 16.1. The van der Waals surface area contributed by atoms with Gasteiger partial charge in [0.25, 0.3) is 0 Å². The van der Waals surface area contributed by atoms with Crippen molar-refractivity contribution in [2.75, 3.05) is 13.1 Å². The van der Waals surface area contributed by atoms with E-state index < -0.39 is 0 Å². The Kier molecular flexibility index (Phi) is 3.76. The van der Waals surface area contributed by atoms with Crippen LogP contribution in [0.5, 0.6) is 0 Å². The van der Waals surface area contributed by atoms with Crippen molar-refractivity contribution in [1.29, 1.82) is 0 Å². The summed E-state index contributed by atoms with van der Waals surface area (Å²) in [6.07, 6.45) is 5.07. The van der Waals surface area contributed by atoms with Crippen LogP contribution in [0, 0.1) is 17.8 Å². The molecule has 1 amide bonds. The number of hydrogen-bond donors (Lipinski definition) is 0. The quantitative estimate of drug-likeness (QED) is 0.485. The summed E-state index contributed by atoms with van der Waals surface area (Å²) in [6, 6.07) is 1.76. The molecule has 17 heavy (non-hydrogen) atoms. The molecule has 1 aliphatic heterocycles. The molecule has 1 aromatic rings. The maximum atomic E-state index is 10.9. The van der Waals surface area contributed by atoms with Crippen molar-refractivity contribution in [3.8, 4) is 11.8 Å². The van der Waals surface area contributed by atoms with Crippen LogP contribution in [0.4, 0.5) is 4.79 Å². The van der Waals surface area contributed by atoms with Crippen LogP contribution < -0.4 is 0 Å². The molecule has 0 aliphatic carbocycles. The maximum absolute atomic E-state index is 10.9. The van der Waals surface area contributed by atoms with E-state index in [1.807, 2.05) is 0 Å². The molecule has 2 heterocycles. The van der Waals surface area contributed by atoms with Crippen molar-refractivity contribution < 1.29 is 4.79 Å². The van der Waals surface area contributed by atoms with Gasteiger partial charge in [0.05, 0.1) is 0 Å². The summed E-state index contributed by atoms with van der Waals surface area (Å²) in [5.74, 6) is 6.60. The molecule has 0 spiro atoms. The molecule has 2 rings (SSSR count). The zero-order valence-corrected chi connectivity index (χ0v) is 9.47. The normalized spacial score (nSPS) is 16.1. The van der Waals surface area contributed by atoms with Gasteiger partial charge in [0.1, 0.15) is 0 Å². The summed E-state index contributed by atoms with van der Waals surface area (Å²) < 4.78 is 0. The lowest BCUT2D eigenvalue weighted by atomic mass is 9.95. The van der Waals surface area contributed by atoms with Gasteiger partial charge in [-0.05, 0) is 24.8 Å². The molecule has 1 fully saturated rings. The van der Waals surface area contributed by atoms with Crippen LogP contribution in [0.25, 0.3) is 0 Å². The van der Waals surface area contributed by atoms with E-state index in [9.17, 15) is 4.79 Å². The van der Waals surface area contributed by atoms with E-state index in [-0.39, 0.29) is 5.81 Å². The first kappa shape index (κ1) is 11.7. The van der Waals surface area contributed by atoms with Gasteiger partial charge in [0.15, 0.2) is 5.81 Å². The van der Waals surface area contributed by atoms with Gasteiger partial charge in [-0.1, -0.05) is 5.92 Å². The van der Waals surface area contributed by atoms with Gasteiger partial charge in [-0.25, -0.2) is 9.97 Å². The van der Waals surface area contributed by atoms with E-state index in [0.717, 1.165) is 12.8 Å². The van der Waals surface area contributed by atoms with E-state index in [2.05, 4.69) is 21.8 Å². The van der Waals surface area contributed by atoms with Crippen LogP contribution in [0.1, 0.15) is 18.7 Å². The Morgan fingerprint density at radius 2 is 2.00 bits per heavy atom. The molecule has 1 saturated heterocycles. The zero-order valence-electron chi connectivity index (χ0n) is 9.47. The summed E-state index contributed by atoms with van der Waals surface area (Å²) >= 11 is 0. The number of nitrogens with zero attached hydrogens (tertiary/aromatic N) is 3. The average Bonchev–Trinajstić information content (AvgIpc) is 2.38. The number of aromatic nitrogens is 2. The first-order valence-corrected chi connectivity index (χ1v) is 5.58. The van der Waals surface area contributed by atoms with Crippen molar-refractivity contribution in [3.63, 3.8) is 0 Å². The number of amides is 1. The minimum Gasteiger partial charge on any atom is -0.352 e. The van der Waals surface area contributed by atoms with Gasteiger partial charge in [-0.2, -0.15) is 0 Å². The number of piperidine rings is 1. The largest absolute Gasteiger partial charge is 0.352 e. The highest BCUT2D eigenvalue weighted by molar-refractivity contribution is 6.56. The van der Waals surface area contributed by atoms with Crippen LogP contribution in [-0.4, -0.2) is 41.6 Å². The Morgan fingerprint density at radius 3 is 2.59 bits per heavy atom. The van der Waals surface area contributed by atoms with Gasteiger partial charge in [0.2, 0.25) is 13.7 Å². The summed E-state index contributed by atoms with van der Waals surface area (Å²) in [6.45, 7) is 1.37. The van der Waals surface area contributed by atoms with Crippen LogP contribution in [0.15, 0.2) is 18.5 Å². The van der Waals surface area contributed by atoms with Crippen LogP contribution in [-0.2, 0) is 0 Å². The predicted molar refractivity (Wildman–Crippen MR) is 64.4 cm³/mol. The lowest BCUT2D eigenvalue weighted by Gasteiger charge is -2.29. The maximum Gasteiger partial charge on any atom is 0.204 e. The van der Waals surface area contributed by atoms with Crippen molar-refractivity contribution in [2.45, 2.75) is 12.8 Å². The number of rotatable bonds is 0. The molecule has 0 atom stereocenters. The molecular weight excluding hydrogens is 213 g/mol. The number of likely N-dealkylation sites (tertiary alicyclic amines) is 1. The van der Waals surface area contributed by atoms with Gasteiger partial charge < -0.3 is 4.90 Å². The Morgan fingerprint density at radius 1 is 1.35 bits per heavy atom. The van der Waals surface area contributed by atoms with Crippen LogP contribution >= 0.6 is 0 Å². The Labute approximate surface area is 102 Å². The van der Waals surface area contributed by atoms with E-state index >= 15 is 0 Å². The second kappa shape index (κ2) is 5.49. The standard InChI is InChI=1S/C12H12BN3O/c13-12(17)16-8-4-10(5-9-16)2-3-11-14-6-1-7-15-11/h1,6-7,10H,4-5,8-9H2. The first-order chi connectivity index (χ1) is 8.25. The molecule has 1 aromatic heterocycles. The third-order valence-corrected chi connectivity index (χ3v) is 2.76. The first-order valence-electron chi connectivity index (χ1n) is 5.58. The molecule has 4 nitrogen and oxygen atoms in total. The fraction of sp³-hybridized carbons (Fsp3) is 0.417. The van der Waals surface area contributed by atoms with Gasteiger partial charge in [0, 0.05) is 31.4 Å². The Bertz CT molecular complexity index is 444. The Balaban J connectivity index is 1.91. The van der Waals surface area contributed by atoms with Crippen LogP contribution in [0.3, 0.4) is 0 Å². The van der Waals surface area contributed by atoms with Crippen molar-refractivity contribution >= 4 is 13.7 Å². The van der Waals surface area contributed by atoms with E-state index in [4.69, 9.17) is 7.85 Å². The molecular formula is C12H12BN3O. The number of hydrogen-bond acceptors (Lipinski definition) is 3. The van der Waals surface area contributed by atoms with Crippen molar-refractivity contribution in [1.82, 2.24) is 14.9 Å². The van der Waals surface area contributed by atoms with E-state index in [0.29, 0.717) is 24.8 Å². The average molecular weight is 225 g/mol. The highest BCUT2D eigenvalue weighted by Crippen LogP contribution is 2.16. The lowest BCUT2D eigenvalue weighted by molar-refractivity contribution is 0.202. The van der Waals surface area contributed by atoms with Crippen molar-refractivity contribution in [2.24, 2.45) is 5.92 Å². The zero-order chi connectivity index (χ0) is 12.1. The minimum atomic E-state index is -0.345. The topological polar surface area (TPSA) is 46.1 Å². The Hall–Kier alpha value is -1.83. The molecule has 0 bridgehead atoms. The summed E-state index contributed by atoms with van der Waals surface area (Å²) in [7, 11) is 5.21. The second-order valence-corrected chi connectivity index (χ2v) is 3.94. The molecule has 0 N–H and O–H groups in total. The van der Waals surface area contributed by atoms with E-state index in [1.165, 1.54) is 0 Å². The van der Waals surface area contributed by atoms with Crippen LogP contribution in [0.2, 0.25) is 0 Å². The fourth-order valence-electron chi connectivity index (χ4n) is 1.77. The minimum absolute atomic E-state index is 0.300.